The maximum absolute atomic E-state index is 3.90. The Morgan fingerprint density at radius 3 is 2.36 bits per heavy atom. The molecule has 0 fully saturated rings. The molecule has 0 aliphatic rings. The Balaban J connectivity index is 4.37. The first kappa shape index (κ1) is 10.4. The van der Waals surface area contributed by atoms with Gasteiger partial charge in [0.25, 0.3) is 0 Å². The summed E-state index contributed by atoms with van der Waals surface area (Å²) in [5, 5.41) is 0. The highest BCUT2D eigenvalue weighted by atomic mass is 14.7. The van der Waals surface area contributed by atoms with Crippen molar-refractivity contribution in [2.45, 2.75) is 34.1 Å². The molecule has 0 rings (SSSR count). The van der Waals surface area contributed by atoms with Gasteiger partial charge in [0, 0.05) is 0 Å². The van der Waals surface area contributed by atoms with Gasteiger partial charge in [-0.2, -0.15) is 0 Å². The lowest BCUT2D eigenvalue weighted by Crippen LogP contribution is -2.15. The minimum atomic E-state index is 0.288. The van der Waals surface area contributed by atoms with E-state index in [0.29, 0.717) is 0 Å². The summed E-state index contributed by atoms with van der Waals surface area (Å²) in [6.45, 7) is 13.0. The molecule has 11 heavy (non-hydrogen) atoms. The average molecular weight is 153 g/mol. The van der Waals surface area contributed by atoms with Crippen molar-refractivity contribution in [1.29, 1.82) is 0 Å². The SMILES string of the molecule is C=NC/C(=C/C)C(C)(C)CC. The second kappa shape index (κ2) is 4.32. The van der Waals surface area contributed by atoms with E-state index in [0.717, 1.165) is 13.0 Å². The maximum atomic E-state index is 3.90. The largest absolute Gasteiger partial charge is 0.297 e. The predicted octanol–water partition coefficient (Wildman–Crippen LogP) is 3.07. The van der Waals surface area contributed by atoms with Gasteiger partial charge in [0.1, 0.15) is 0 Å². The monoisotopic (exact) mass is 153 g/mol. The number of nitrogens with zero attached hydrogens (tertiary/aromatic N) is 1. The third-order valence-corrected chi connectivity index (χ3v) is 2.38. The van der Waals surface area contributed by atoms with Gasteiger partial charge in [0.2, 0.25) is 0 Å². The molecule has 0 amide bonds. The quantitative estimate of drug-likeness (QED) is 0.435. The van der Waals surface area contributed by atoms with E-state index in [1.54, 1.807) is 0 Å². The second-order valence-electron chi connectivity index (χ2n) is 3.43. The van der Waals surface area contributed by atoms with Gasteiger partial charge in [-0.15, -0.1) is 0 Å². The molecule has 0 aromatic carbocycles. The highest BCUT2D eigenvalue weighted by Crippen LogP contribution is 2.29. The van der Waals surface area contributed by atoms with E-state index in [9.17, 15) is 0 Å². The summed E-state index contributed by atoms with van der Waals surface area (Å²) in [6, 6.07) is 0. The summed E-state index contributed by atoms with van der Waals surface area (Å²) < 4.78 is 0. The number of rotatable bonds is 4. The van der Waals surface area contributed by atoms with Crippen molar-refractivity contribution in [3.63, 3.8) is 0 Å². The van der Waals surface area contributed by atoms with E-state index in [4.69, 9.17) is 0 Å². The van der Waals surface area contributed by atoms with Crippen LogP contribution in [0, 0.1) is 5.41 Å². The molecule has 1 heteroatoms. The lowest BCUT2D eigenvalue weighted by Gasteiger charge is -2.25. The molecule has 0 heterocycles. The van der Waals surface area contributed by atoms with Crippen LogP contribution in [0.25, 0.3) is 0 Å². The summed E-state index contributed by atoms with van der Waals surface area (Å²) in [7, 11) is 0. The van der Waals surface area contributed by atoms with Gasteiger partial charge in [-0.25, -0.2) is 0 Å². The zero-order chi connectivity index (χ0) is 8.91. The second-order valence-corrected chi connectivity index (χ2v) is 3.43. The van der Waals surface area contributed by atoms with Gasteiger partial charge >= 0.3 is 0 Å². The molecule has 64 valence electrons. The van der Waals surface area contributed by atoms with Gasteiger partial charge in [-0.3, -0.25) is 4.99 Å². The molecule has 0 unspecified atom stereocenters. The van der Waals surface area contributed by atoms with Crippen molar-refractivity contribution < 1.29 is 0 Å². The third kappa shape index (κ3) is 2.87. The average Bonchev–Trinajstić information content (AvgIpc) is 2.00. The number of allylic oxidation sites excluding steroid dienone is 1. The van der Waals surface area contributed by atoms with Crippen LogP contribution in [-0.2, 0) is 0 Å². The maximum Gasteiger partial charge on any atom is 0.0597 e. The van der Waals surface area contributed by atoms with Crippen LogP contribution in [0.4, 0.5) is 0 Å². The van der Waals surface area contributed by atoms with Gasteiger partial charge < -0.3 is 0 Å². The van der Waals surface area contributed by atoms with Gasteiger partial charge in [-0.05, 0) is 31.1 Å². The Labute approximate surface area is 70.2 Å². The van der Waals surface area contributed by atoms with E-state index in [2.05, 4.69) is 45.5 Å². The fourth-order valence-electron chi connectivity index (χ4n) is 1.04. The van der Waals surface area contributed by atoms with Crippen LogP contribution in [0.2, 0.25) is 0 Å². The Bertz CT molecular complexity index is 154. The van der Waals surface area contributed by atoms with Crippen LogP contribution >= 0.6 is 0 Å². The van der Waals surface area contributed by atoms with Gasteiger partial charge in [-0.1, -0.05) is 26.8 Å². The highest BCUT2D eigenvalue weighted by Gasteiger charge is 2.18. The van der Waals surface area contributed by atoms with Crippen molar-refractivity contribution >= 4 is 6.72 Å². The zero-order valence-electron chi connectivity index (χ0n) is 8.15. The highest BCUT2D eigenvalue weighted by molar-refractivity contribution is 5.26. The molecule has 0 saturated carbocycles. The molecular weight excluding hydrogens is 134 g/mol. The van der Waals surface area contributed by atoms with Crippen molar-refractivity contribution in [1.82, 2.24) is 0 Å². The van der Waals surface area contributed by atoms with E-state index >= 15 is 0 Å². The molecule has 0 saturated heterocycles. The topological polar surface area (TPSA) is 12.4 Å². The van der Waals surface area contributed by atoms with Gasteiger partial charge in [0.15, 0.2) is 0 Å². The number of aliphatic imine (C=N–C) groups is 1. The minimum absolute atomic E-state index is 0.288. The molecule has 0 aliphatic heterocycles. The van der Waals surface area contributed by atoms with E-state index in [1.807, 2.05) is 0 Å². The molecule has 0 bridgehead atoms. The minimum Gasteiger partial charge on any atom is -0.297 e. The molecule has 0 spiro atoms. The molecule has 0 radical (unpaired) electrons. The Morgan fingerprint density at radius 2 is 2.09 bits per heavy atom. The Kier molecular flexibility index (Phi) is 4.09. The van der Waals surface area contributed by atoms with Crippen LogP contribution in [0.3, 0.4) is 0 Å². The van der Waals surface area contributed by atoms with Crippen LogP contribution in [0.15, 0.2) is 16.6 Å². The summed E-state index contributed by atoms with van der Waals surface area (Å²) in [5.41, 5.74) is 1.67. The van der Waals surface area contributed by atoms with Crippen LogP contribution < -0.4 is 0 Å². The van der Waals surface area contributed by atoms with Crippen molar-refractivity contribution in [2.24, 2.45) is 10.4 Å². The van der Waals surface area contributed by atoms with Crippen LogP contribution in [0.5, 0.6) is 0 Å². The van der Waals surface area contributed by atoms with Crippen LogP contribution in [-0.4, -0.2) is 13.3 Å². The molecule has 0 N–H and O–H groups in total. The first-order chi connectivity index (χ1) is 5.08. The summed E-state index contributed by atoms with van der Waals surface area (Å²) in [5.74, 6) is 0. The number of hydrogen-bond acceptors (Lipinski definition) is 1. The molecule has 0 aromatic rings. The zero-order valence-corrected chi connectivity index (χ0v) is 8.15. The summed E-state index contributed by atoms with van der Waals surface area (Å²) in [6.07, 6.45) is 3.31. The lowest BCUT2D eigenvalue weighted by atomic mass is 9.81. The van der Waals surface area contributed by atoms with E-state index in [-0.39, 0.29) is 5.41 Å². The first-order valence-electron chi connectivity index (χ1n) is 4.16. The standard InChI is InChI=1S/C10H19N/c1-6-9(8-11-5)10(3,4)7-2/h6H,5,7-8H2,1-4H3/b9-6-. The van der Waals surface area contributed by atoms with Gasteiger partial charge in [0.05, 0.1) is 6.54 Å². The summed E-state index contributed by atoms with van der Waals surface area (Å²) in [4.78, 5) is 3.90. The van der Waals surface area contributed by atoms with Crippen molar-refractivity contribution in [3.05, 3.63) is 11.6 Å². The molecule has 0 aromatic heterocycles. The molecular formula is C10H19N. The predicted molar refractivity (Wildman–Crippen MR) is 52.2 cm³/mol. The van der Waals surface area contributed by atoms with Crippen LogP contribution in [0.1, 0.15) is 34.1 Å². The van der Waals surface area contributed by atoms with Crippen molar-refractivity contribution in [2.75, 3.05) is 6.54 Å². The Hall–Kier alpha value is -0.590. The first-order valence-corrected chi connectivity index (χ1v) is 4.16. The smallest absolute Gasteiger partial charge is 0.0597 e. The van der Waals surface area contributed by atoms with Crippen molar-refractivity contribution in [3.8, 4) is 0 Å². The number of hydrogen-bond donors (Lipinski definition) is 0. The normalized spacial score (nSPS) is 13.3. The van der Waals surface area contributed by atoms with E-state index < -0.39 is 0 Å². The molecule has 1 nitrogen and oxygen atoms in total. The fourth-order valence-corrected chi connectivity index (χ4v) is 1.04. The Morgan fingerprint density at radius 1 is 1.55 bits per heavy atom. The fraction of sp³-hybridized carbons (Fsp3) is 0.700. The third-order valence-electron chi connectivity index (χ3n) is 2.38. The van der Waals surface area contributed by atoms with E-state index in [1.165, 1.54) is 5.57 Å². The molecule has 0 aliphatic carbocycles. The summed E-state index contributed by atoms with van der Waals surface area (Å²) >= 11 is 0. The lowest BCUT2D eigenvalue weighted by molar-refractivity contribution is 0.423. The molecule has 0 atom stereocenters.